The average Bonchev–Trinajstić information content (AvgIpc) is 2.56. The molecular formula is C17H11ClF3N3O. The molecular weight excluding hydrogens is 355 g/mol. The van der Waals surface area contributed by atoms with Crippen LogP contribution in [0.1, 0.15) is 5.56 Å². The number of nitrogens with zero attached hydrogens (tertiary/aromatic N) is 1. The van der Waals surface area contributed by atoms with Crippen molar-refractivity contribution in [2.24, 2.45) is 0 Å². The first-order valence-corrected chi connectivity index (χ1v) is 7.51. The molecule has 0 bridgehead atoms. The zero-order valence-corrected chi connectivity index (χ0v) is 13.3. The molecule has 1 heterocycles. The molecule has 0 unspecified atom stereocenters. The van der Waals surface area contributed by atoms with E-state index in [0.717, 1.165) is 10.8 Å². The maximum atomic E-state index is 12.6. The van der Waals surface area contributed by atoms with Gasteiger partial charge in [-0.15, -0.1) is 0 Å². The van der Waals surface area contributed by atoms with Gasteiger partial charge >= 0.3 is 12.2 Å². The minimum Gasteiger partial charge on any atom is -0.307 e. The van der Waals surface area contributed by atoms with Gasteiger partial charge in [-0.05, 0) is 17.5 Å². The molecule has 2 amide bonds. The lowest BCUT2D eigenvalue weighted by atomic mass is 10.1. The van der Waals surface area contributed by atoms with Crippen molar-refractivity contribution < 1.29 is 18.0 Å². The number of carbonyl (C=O) groups is 1. The van der Waals surface area contributed by atoms with Gasteiger partial charge in [0.2, 0.25) is 0 Å². The van der Waals surface area contributed by atoms with Gasteiger partial charge in [-0.1, -0.05) is 48.0 Å². The summed E-state index contributed by atoms with van der Waals surface area (Å²) in [6.45, 7) is 0. The highest BCUT2D eigenvalue weighted by Gasteiger charge is 2.31. The first-order valence-electron chi connectivity index (χ1n) is 7.13. The lowest BCUT2D eigenvalue weighted by molar-refractivity contribution is -0.137. The summed E-state index contributed by atoms with van der Waals surface area (Å²) in [5.74, 6) is -0.160. The third-order valence-electron chi connectivity index (χ3n) is 3.44. The lowest BCUT2D eigenvalue weighted by Crippen LogP contribution is -2.20. The van der Waals surface area contributed by atoms with Crippen LogP contribution in [0.4, 0.5) is 29.5 Å². The Morgan fingerprint density at radius 3 is 2.48 bits per heavy atom. The van der Waals surface area contributed by atoms with Gasteiger partial charge in [0.05, 0.1) is 16.3 Å². The van der Waals surface area contributed by atoms with Crippen LogP contribution in [0.2, 0.25) is 5.02 Å². The number of urea groups is 1. The summed E-state index contributed by atoms with van der Waals surface area (Å²) in [5, 5.41) is 6.43. The van der Waals surface area contributed by atoms with E-state index < -0.39 is 17.8 Å². The van der Waals surface area contributed by atoms with Crippen LogP contribution in [-0.2, 0) is 6.18 Å². The molecule has 128 valence electrons. The number of pyridine rings is 1. The smallest absolute Gasteiger partial charge is 0.307 e. The molecule has 2 aromatic carbocycles. The van der Waals surface area contributed by atoms with Crippen molar-refractivity contribution in [3.05, 3.63) is 65.3 Å². The van der Waals surface area contributed by atoms with Crippen molar-refractivity contribution in [2.75, 3.05) is 10.6 Å². The van der Waals surface area contributed by atoms with E-state index in [1.165, 1.54) is 0 Å². The van der Waals surface area contributed by atoms with Crippen molar-refractivity contribution in [3.63, 3.8) is 0 Å². The molecule has 0 aliphatic carbocycles. The normalized spacial score (nSPS) is 11.4. The summed E-state index contributed by atoms with van der Waals surface area (Å²) >= 11 is 5.77. The van der Waals surface area contributed by atoms with E-state index in [-0.39, 0.29) is 10.8 Å². The van der Waals surface area contributed by atoms with Crippen LogP contribution in [0.25, 0.3) is 10.8 Å². The molecule has 0 radical (unpaired) electrons. The van der Waals surface area contributed by atoms with E-state index >= 15 is 0 Å². The maximum absolute atomic E-state index is 12.6. The van der Waals surface area contributed by atoms with E-state index in [4.69, 9.17) is 11.6 Å². The number of carbonyl (C=O) groups excluding carboxylic acids is 1. The molecule has 0 saturated heterocycles. The number of hydrogen-bond acceptors (Lipinski definition) is 2. The lowest BCUT2D eigenvalue weighted by Gasteiger charge is -2.12. The fraction of sp³-hybridized carbons (Fsp3) is 0.0588. The molecule has 0 aliphatic rings. The molecule has 4 nitrogen and oxygen atoms in total. The quantitative estimate of drug-likeness (QED) is 0.625. The van der Waals surface area contributed by atoms with Gasteiger partial charge in [-0.2, -0.15) is 13.2 Å². The highest BCUT2D eigenvalue weighted by atomic mass is 35.5. The zero-order valence-electron chi connectivity index (χ0n) is 12.6. The summed E-state index contributed by atoms with van der Waals surface area (Å²) in [6.07, 6.45) is -3.94. The Labute approximate surface area is 145 Å². The highest BCUT2D eigenvalue weighted by Crippen LogP contribution is 2.32. The predicted octanol–water partition coefficient (Wildman–Crippen LogP) is 5.55. The molecule has 1 aromatic heterocycles. The molecule has 3 aromatic rings. The van der Waals surface area contributed by atoms with E-state index in [2.05, 4.69) is 15.6 Å². The second-order valence-corrected chi connectivity index (χ2v) is 5.57. The highest BCUT2D eigenvalue weighted by molar-refractivity contribution is 6.33. The summed E-state index contributed by atoms with van der Waals surface area (Å²) < 4.78 is 37.8. The number of alkyl halides is 3. The fourth-order valence-corrected chi connectivity index (χ4v) is 2.49. The van der Waals surface area contributed by atoms with Crippen LogP contribution in [0.3, 0.4) is 0 Å². The molecule has 0 spiro atoms. The van der Waals surface area contributed by atoms with E-state index in [1.54, 1.807) is 12.1 Å². The summed E-state index contributed by atoms with van der Waals surface area (Å²) in [4.78, 5) is 15.7. The Bertz CT molecular complexity index is 939. The summed E-state index contributed by atoms with van der Waals surface area (Å²) in [7, 11) is 0. The Morgan fingerprint density at radius 1 is 1.04 bits per heavy atom. The predicted molar refractivity (Wildman–Crippen MR) is 90.8 cm³/mol. The van der Waals surface area contributed by atoms with Crippen LogP contribution in [0.5, 0.6) is 0 Å². The summed E-state index contributed by atoms with van der Waals surface area (Å²) in [6, 6.07) is 12.9. The van der Waals surface area contributed by atoms with Gasteiger partial charge in [0.15, 0.2) is 5.82 Å². The molecule has 0 saturated carbocycles. The summed E-state index contributed by atoms with van der Waals surface area (Å²) in [5.41, 5.74) is -0.434. The van der Waals surface area contributed by atoms with E-state index in [1.807, 2.05) is 30.3 Å². The van der Waals surface area contributed by atoms with Gasteiger partial charge in [0, 0.05) is 11.6 Å². The number of anilines is 2. The number of amides is 2. The molecule has 2 N–H and O–H groups in total. The topological polar surface area (TPSA) is 54.0 Å². The Kier molecular flexibility index (Phi) is 4.50. The number of rotatable bonds is 2. The minimum absolute atomic E-state index is 0.160. The molecule has 3 rings (SSSR count). The second kappa shape index (κ2) is 6.60. The number of nitrogens with one attached hydrogen (secondary N) is 2. The number of fused-ring (bicyclic) bond motifs is 1. The maximum Gasteiger partial charge on any atom is 0.417 e. The van der Waals surface area contributed by atoms with Crippen molar-refractivity contribution in [2.45, 2.75) is 6.18 Å². The number of aromatic nitrogens is 1. The number of halogens is 4. The van der Waals surface area contributed by atoms with Gasteiger partial charge in [0.25, 0.3) is 0 Å². The SMILES string of the molecule is O=C(Nc1ncc(C(F)(F)F)cc1Cl)Nc1cccc2ccccc12. The van der Waals surface area contributed by atoms with Gasteiger partial charge < -0.3 is 5.32 Å². The Morgan fingerprint density at radius 2 is 1.76 bits per heavy atom. The number of benzene rings is 2. The van der Waals surface area contributed by atoms with Gasteiger partial charge in [0.1, 0.15) is 0 Å². The van der Waals surface area contributed by atoms with Crippen molar-refractivity contribution >= 4 is 39.9 Å². The average molecular weight is 366 g/mol. The minimum atomic E-state index is -4.56. The van der Waals surface area contributed by atoms with Crippen molar-refractivity contribution in [1.82, 2.24) is 4.98 Å². The third-order valence-corrected chi connectivity index (χ3v) is 3.73. The van der Waals surface area contributed by atoms with Gasteiger partial charge in [-0.3, -0.25) is 5.32 Å². The van der Waals surface area contributed by atoms with Crippen molar-refractivity contribution in [3.8, 4) is 0 Å². The first-order chi connectivity index (χ1) is 11.8. The second-order valence-electron chi connectivity index (χ2n) is 5.16. The molecule has 25 heavy (non-hydrogen) atoms. The Balaban J connectivity index is 1.79. The van der Waals surface area contributed by atoms with E-state index in [9.17, 15) is 18.0 Å². The largest absolute Gasteiger partial charge is 0.417 e. The Hall–Kier alpha value is -2.80. The van der Waals surface area contributed by atoms with Crippen LogP contribution in [0.15, 0.2) is 54.7 Å². The molecule has 8 heteroatoms. The van der Waals surface area contributed by atoms with Crippen LogP contribution < -0.4 is 10.6 Å². The molecule has 0 fully saturated rings. The first kappa shape index (κ1) is 17.0. The van der Waals surface area contributed by atoms with Gasteiger partial charge in [-0.25, -0.2) is 9.78 Å². The van der Waals surface area contributed by atoms with Crippen LogP contribution >= 0.6 is 11.6 Å². The zero-order chi connectivity index (χ0) is 18.0. The third kappa shape index (κ3) is 3.83. The van der Waals surface area contributed by atoms with Crippen LogP contribution in [0, 0.1) is 0 Å². The van der Waals surface area contributed by atoms with Crippen molar-refractivity contribution in [1.29, 1.82) is 0 Å². The number of hydrogen-bond donors (Lipinski definition) is 2. The standard InChI is InChI=1S/C17H11ClF3N3O/c18-13-8-11(17(19,20)21)9-22-15(13)24-16(25)23-14-7-3-5-10-4-1-2-6-12(10)14/h1-9H,(H2,22,23,24,25). The molecule has 0 atom stereocenters. The van der Waals surface area contributed by atoms with Crippen LogP contribution in [-0.4, -0.2) is 11.0 Å². The monoisotopic (exact) mass is 365 g/mol. The molecule has 0 aliphatic heterocycles. The van der Waals surface area contributed by atoms with E-state index in [0.29, 0.717) is 18.0 Å². The fourth-order valence-electron chi connectivity index (χ4n) is 2.28.